The molecule has 0 aromatic carbocycles. The van der Waals surface area contributed by atoms with Gasteiger partial charge in [-0.25, -0.2) is 0 Å². The maximum absolute atomic E-state index is 5.37. The lowest BCUT2D eigenvalue weighted by atomic mass is 9.75. The number of H-pyrrole nitrogens is 1. The Kier molecular flexibility index (Phi) is 3.71. The van der Waals surface area contributed by atoms with Crippen molar-refractivity contribution in [1.29, 1.82) is 0 Å². The fourth-order valence-electron chi connectivity index (χ4n) is 2.76. The fraction of sp³-hybridized carbons (Fsp3) is 0.846. The maximum Gasteiger partial charge on any atom is 0.195 e. The van der Waals surface area contributed by atoms with Crippen LogP contribution < -0.4 is 0 Å². The summed E-state index contributed by atoms with van der Waals surface area (Å²) in [6, 6.07) is 0.566. The molecular weight excluding hydrogens is 230 g/mol. The van der Waals surface area contributed by atoms with Crippen molar-refractivity contribution < 1.29 is 0 Å². The Labute approximate surface area is 109 Å². The first kappa shape index (κ1) is 12.8. The lowest BCUT2D eigenvalue weighted by Gasteiger charge is -2.35. The van der Waals surface area contributed by atoms with E-state index in [1.165, 1.54) is 25.7 Å². The Morgan fingerprint density at radius 1 is 1.41 bits per heavy atom. The van der Waals surface area contributed by atoms with Crippen LogP contribution in [-0.4, -0.2) is 14.8 Å². The summed E-state index contributed by atoms with van der Waals surface area (Å²) >= 11 is 5.37. The molecule has 1 heterocycles. The molecule has 17 heavy (non-hydrogen) atoms. The number of hydrogen-bond donors (Lipinski definition) is 1. The molecular formula is C13H23N3S. The number of nitrogens with one attached hydrogen (secondary N) is 1. The van der Waals surface area contributed by atoms with Gasteiger partial charge in [-0.05, 0) is 49.7 Å². The number of aromatic amines is 1. The Bertz CT molecular complexity index is 420. The number of nitrogens with zero attached hydrogens (tertiary/aromatic N) is 2. The van der Waals surface area contributed by atoms with E-state index in [4.69, 9.17) is 12.2 Å². The van der Waals surface area contributed by atoms with Crippen molar-refractivity contribution in [1.82, 2.24) is 14.8 Å². The summed E-state index contributed by atoms with van der Waals surface area (Å²) < 4.78 is 3.08. The van der Waals surface area contributed by atoms with Crippen LogP contribution in [0.4, 0.5) is 0 Å². The zero-order chi connectivity index (χ0) is 12.5. The normalized spacial score (nSPS) is 20.6. The van der Waals surface area contributed by atoms with Gasteiger partial charge in [0.1, 0.15) is 5.82 Å². The van der Waals surface area contributed by atoms with Gasteiger partial charge in [-0.1, -0.05) is 20.8 Å². The molecule has 2 rings (SSSR count). The summed E-state index contributed by atoms with van der Waals surface area (Å²) in [7, 11) is 0. The second-order valence-electron chi connectivity index (χ2n) is 5.96. The van der Waals surface area contributed by atoms with Crippen molar-refractivity contribution >= 4 is 12.2 Å². The van der Waals surface area contributed by atoms with Crippen molar-refractivity contribution in [3.8, 4) is 0 Å². The van der Waals surface area contributed by atoms with Crippen molar-refractivity contribution in [2.24, 2.45) is 5.41 Å². The quantitative estimate of drug-likeness (QED) is 0.825. The van der Waals surface area contributed by atoms with Crippen LogP contribution in [-0.2, 0) is 6.42 Å². The molecule has 96 valence electrons. The Morgan fingerprint density at radius 2 is 2.06 bits per heavy atom. The highest BCUT2D eigenvalue weighted by atomic mass is 32.1. The molecule has 0 amide bonds. The highest BCUT2D eigenvalue weighted by Crippen LogP contribution is 2.40. The molecule has 1 aromatic heterocycles. The van der Waals surface area contributed by atoms with E-state index in [1.54, 1.807) is 0 Å². The largest absolute Gasteiger partial charge is 0.301 e. The summed E-state index contributed by atoms with van der Waals surface area (Å²) in [5, 5.41) is 7.32. The molecule has 0 atom stereocenters. The predicted molar refractivity (Wildman–Crippen MR) is 72.7 cm³/mol. The van der Waals surface area contributed by atoms with Crippen molar-refractivity contribution in [2.75, 3.05) is 0 Å². The van der Waals surface area contributed by atoms with E-state index in [9.17, 15) is 0 Å². The standard InChI is InChI=1S/C13H23N3S/c1-4-5-11-14-15-12(17)16(11)10-6-8-13(2,3)9-7-10/h10H,4-9H2,1-3H3,(H,15,17). The lowest BCUT2D eigenvalue weighted by molar-refractivity contribution is 0.190. The van der Waals surface area contributed by atoms with Gasteiger partial charge in [-0.3, -0.25) is 5.10 Å². The average molecular weight is 253 g/mol. The second kappa shape index (κ2) is 4.92. The Balaban J connectivity index is 2.18. The third kappa shape index (κ3) is 2.79. The van der Waals surface area contributed by atoms with Crippen LogP contribution in [0.15, 0.2) is 0 Å². The van der Waals surface area contributed by atoms with Crippen molar-refractivity contribution in [2.45, 2.75) is 65.3 Å². The molecule has 1 N–H and O–H groups in total. The van der Waals surface area contributed by atoms with Gasteiger partial charge in [-0.2, -0.15) is 5.10 Å². The van der Waals surface area contributed by atoms with E-state index in [1.807, 2.05) is 0 Å². The third-order valence-corrected chi connectivity index (χ3v) is 4.21. The number of rotatable bonds is 3. The molecule has 1 saturated carbocycles. The van der Waals surface area contributed by atoms with E-state index in [0.717, 1.165) is 23.4 Å². The molecule has 1 aromatic rings. The van der Waals surface area contributed by atoms with E-state index >= 15 is 0 Å². The van der Waals surface area contributed by atoms with Crippen LogP contribution in [0.3, 0.4) is 0 Å². The van der Waals surface area contributed by atoms with E-state index in [-0.39, 0.29) is 0 Å². The molecule has 1 aliphatic rings. The van der Waals surface area contributed by atoms with Crippen molar-refractivity contribution in [3.05, 3.63) is 10.6 Å². The number of aryl methyl sites for hydroxylation is 1. The minimum absolute atomic E-state index is 0.507. The summed E-state index contributed by atoms with van der Waals surface area (Å²) in [6.45, 7) is 6.92. The van der Waals surface area contributed by atoms with Crippen LogP contribution in [0.1, 0.15) is 64.7 Å². The number of aromatic nitrogens is 3. The van der Waals surface area contributed by atoms with Gasteiger partial charge < -0.3 is 4.57 Å². The molecule has 0 aliphatic heterocycles. The highest BCUT2D eigenvalue weighted by molar-refractivity contribution is 7.71. The van der Waals surface area contributed by atoms with Gasteiger partial charge >= 0.3 is 0 Å². The first-order chi connectivity index (χ1) is 8.03. The SMILES string of the molecule is CCCc1n[nH]c(=S)n1C1CCC(C)(C)CC1. The fourth-order valence-corrected chi connectivity index (χ4v) is 3.06. The van der Waals surface area contributed by atoms with E-state index in [2.05, 4.69) is 35.5 Å². The van der Waals surface area contributed by atoms with Crippen LogP contribution in [0, 0.1) is 10.2 Å². The van der Waals surface area contributed by atoms with Gasteiger partial charge in [0.05, 0.1) is 0 Å². The van der Waals surface area contributed by atoms with Crippen LogP contribution >= 0.6 is 12.2 Å². The van der Waals surface area contributed by atoms with Crippen LogP contribution in [0.2, 0.25) is 0 Å². The topological polar surface area (TPSA) is 33.6 Å². The minimum Gasteiger partial charge on any atom is -0.301 e. The van der Waals surface area contributed by atoms with E-state index < -0.39 is 0 Å². The molecule has 1 fully saturated rings. The summed E-state index contributed by atoms with van der Waals surface area (Å²) in [5.74, 6) is 1.14. The molecule has 4 heteroatoms. The Morgan fingerprint density at radius 3 is 2.65 bits per heavy atom. The Hall–Kier alpha value is -0.640. The number of hydrogen-bond acceptors (Lipinski definition) is 2. The molecule has 0 unspecified atom stereocenters. The smallest absolute Gasteiger partial charge is 0.195 e. The maximum atomic E-state index is 5.37. The van der Waals surface area contributed by atoms with Gasteiger partial charge in [0, 0.05) is 12.5 Å². The second-order valence-corrected chi connectivity index (χ2v) is 6.35. The summed E-state index contributed by atoms with van der Waals surface area (Å²) in [5.41, 5.74) is 0.507. The first-order valence-corrected chi connectivity index (χ1v) is 7.10. The monoisotopic (exact) mass is 253 g/mol. The zero-order valence-electron chi connectivity index (χ0n) is 11.1. The molecule has 1 aliphatic carbocycles. The zero-order valence-corrected chi connectivity index (χ0v) is 11.9. The van der Waals surface area contributed by atoms with Gasteiger partial charge in [0.15, 0.2) is 4.77 Å². The first-order valence-electron chi connectivity index (χ1n) is 6.69. The average Bonchev–Trinajstić information content (AvgIpc) is 2.61. The predicted octanol–water partition coefficient (Wildman–Crippen LogP) is 4.03. The molecule has 0 bridgehead atoms. The van der Waals surface area contributed by atoms with Crippen molar-refractivity contribution in [3.63, 3.8) is 0 Å². The summed E-state index contributed by atoms with van der Waals surface area (Å²) in [4.78, 5) is 0. The van der Waals surface area contributed by atoms with Crippen LogP contribution in [0.5, 0.6) is 0 Å². The molecule has 3 nitrogen and oxygen atoms in total. The van der Waals surface area contributed by atoms with Gasteiger partial charge in [0.2, 0.25) is 0 Å². The minimum atomic E-state index is 0.507. The lowest BCUT2D eigenvalue weighted by Crippen LogP contribution is -2.24. The molecule has 0 saturated heterocycles. The third-order valence-electron chi connectivity index (χ3n) is 3.92. The highest BCUT2D eigenvalue weighted by Gasteiger charge is 2.29. The van der Waals surface area contributed by atoms with Gasteiger partial charge in [-0.15, -0.1) is 0 Å². The molecule has 0 radical (unpaired) electrons. The van der Waals surface area contributed by atoms with Gasteiger partial charge in [0.25, 0.3) is 0 Å². The van der Waals surface area contributed by atoms with Crippen LogP contribution in [0.25, 0.3) is 0 Å². The summed E-state index contributed by atoms with van der Waals surface area (Å²) in [6.07, 6.45) is 7.19. The van der Waals surface area contributed by atoms with E-state index in [0.29, 0.717) is 11.5 Å². The molecule has 0 spiro atoms.